The molecule has 5 heteroatoms. The predicted molar refractivity (Wildman–Crippen MR) is 85.8 cm³/mol. The number of carboxylic acids is 1. The third-order valence-electron chi connectivity index (χ3n) is 3.21. The first kappa shape index (κ1) is 13.6. The van der Waals surface area contributed by atoms with Crippen molar-refractivity contribution in [2.75, 3.05) is 5.32 Å². The molecule has 3 aromatic rings. The highest BCUT2D eigenvalue weighted by atomic mass is 32.1. The quantitative estimate of drug-likeness (QED) is 0.754. The summed E-state index contributed by atoms with van der Waals surface area (Å²) in [6.45, 7) is 4.13. The van der Waals surface area contributed by atoms with Crippen molar-refractivity contribution in [2.24, 2.45) is 0 Å². The average molecular weight is 298 g/mol. The van der Waals surface area contributed by atoms with Gasteiger partial charge in [-0.25, -0.2) is 9.78 Å². The van der Waals surface area contributed by atoms with E-state index in [9.17, 15) is 4.79 Å². The first-order valence-electron chi connectivity index (χ1n) is 6.51. The highest BCUT2D eigenvalue weighted by molar-refractivity contribution is 7.22. The van der Waals surface area contributed by atoms with Crippen LogP contribution in [-0.2, 0) is 0 Å². The lowest BCUT2D eigenvalue weighted by atomic mass is 10.1. The van der Waals surface area contributed by atoms with Gasteiger partial charge < -0.3 is 10.4 Å². The van der Waals surface area contributed by atoms with Crippen molar-refractivity contribution >= 4 is 38.3 Å². The number of carbonyl (C=O) groups is 1. The van der Waals surface area contributed by atoms with Crippen LogP contribution in [0.1, 0.15) is 21.5 Å². The van der Waals surface area contributed by atoms with E-state index in [1.807, 2.05) is 0 Å². The zero-order valence-corrected chi connectivity index (χ0v) is 12.5. The number of hydrogen-bond acceptors (Lipinski definition) is 4. The van der Waals surface area contributed by atoms with E-state index in [2.05, 4.69) is 36.3 Å². The van der Waals surface area contributed by atoms with Crippen molar-refractivity contribution in [3.63, 3.8) is 0 Å². The molecule has 0 spiro atoms. The van der Waals surface area contributed by atoms with Crippen LogP contribution in [0.3, 0.4) is 0 Å². The largest absolute Gasteiger partial charge is 0.478 e. The number of anilines is 2. The molecular weight excluding hydrogens is 284 g/mol. The summed E-state index contributed by atoms with van der Waals surface area (Å²) in [4.78, 5) is 15.4. The molecule has 4 nitrogen and oxygen atoms in total. The van der Waals surface area contributed by atoms with Gasteiger partial charge in [-0.2, -0.15) is 0 Å². The molecule has 0 saturated heterocycles. The van der Waals surface area contributed by atoms with Crippen LogP contribution in [0.5, 0.6) is 0 Å². The van der Waals surface area contributed by atoms with E-state index in [1.165, 1.54) is 5.56 Å². The SMILES string of the molecule is Cc1cc(C)c2nc(Nc3ccc(C(=O)O)cc3)sc2c1. The van der Waals surface area contributed by atoms with Crippen molar-refractivity contribution in [1.29, 1.82) is 0 Å². The van der Waals surface area contributed by atoms with E-state index in [-0.39, 0.29) is 5.56 Å². The molecule has 0 fully saturated rings. The fourth-order valence-corrected chi connectivity index (χ4v) is 3.31. The molecule has 0 radical (unpaired) electrons. The minimum Gasteiger partial charge on any atom is -0.478 e. The maximum Gasteiger partial charge on any atom is 0.335 e. The average Bonchev–Trinajstić information content (AvgIpc) is 2.82. The van der Waals surface area contributed by atoms with Crippen LogP contribution in [0, 0.1) is 13.8 Å². The molecular formula is C16H14N2O2S. The van der Waals surface area contributed by atoms with Gasteiger partial charge in [0.15, 0.2) is 5.13 Å². The molecule has 0 atom stereocenters. The Kier molecular flexibility index (Phi) is 3.35. The summed E-state index contributed by atoms with van der Waals surface area (Å²) in [5.74, 6) is -0.923. The molecule has 0 bridgehead atoms. The predicted octanol–water partition coefficient (Wildman–Crippen LogP) is 4.35. The minimum absolute atomic E-state index is 0.274. The number of carboxylic acid groups (broad SMARTS) is 1. The maximum atomic E-state index is 10.8. The van der Waals surface area contributed by atoms with Crippen LogP contribution in [0.2, 0.25) is 0 Å². The molecule has 1 aromatic heterocycles. The molecule has 106 valence electrons. The molecule has 2 N–H and O–H groups in total. The van der Waals surface area contributed by atoms with Gasteiger partial charge in [0, 0.05) is 5.69 Å². The zero-order valence-electron chi connectivity index (χ0n) is 11.7. The van der Waals surface area contributed by atoms with Gasteiger partial charge in [0.05, 0.1) is 15.8 Å². The fourth-order valence-electron chi connectivity index (χ4n) is 2.24. The van der Waals surface area contributed by atoms with Gasteiger partial charge in [0.2, 0.25) is 0 Å². The number of aromatic nitrogens is 1. The third-order valence-corrected chi connectivity index (χ3v) is 4.13. The smallest absolute Gasteiger partial charge is 0.335 e. The van der Waals surface area contributed by atoms with E-state index in [0.717, 1.165) is 26.6 Å². The molecule has 0 aliphatic carbocycles. The van der Waals surface area contributed by atoms with Gasteiger partial charge >= 0.3 is 5.97 Å². The Morgan fingerprint density at radius 3 is 2.57 bits per heavy atom. The van der Waals surface area contributed by atoms with Crippen molar-refractivity contribution < 1.29 is 9.90 Å². The topological polar surface area (TPSA) is 62.2 Å². The van der Waals surface area contributed by atoms with Crippen molar-refractivity contribution in [2.45, 2.75) is 13.8 Å². The van der Waals surface area contributed by atoms with Crippen LogP contribution in [0.4, 0.5) is 10.8 Å². The van der Waals surface area contributed by atoms with Crippen LogP contribution < -0.4 is 5.32 Å². The zero-order chi connectivity index (χ0) is 15.0. The number of benzene rings is 2. The first-order chi connectivity index (χ1) is 10.0. The number of thiazole rings is 1. The maximum absolute atomic E-state index is 10.8. The van der Waals surface area contributed by atoms with Crippen LogP contribution in [-0.4, -0.2) is 16.1 Å². The van der Waals surface area contributed by atoms with Gasteiger partial charge in [-0.3, -0.25) is 0 Å². The van der Waals surface area contributed by atoms with E-state index < -0.39 is 5.97 Å². The standard InChI is InChI=1S/C16H14N2O2S/c1-9-7-10(2)14-13(8-9)21-16(18-14)17-12-5-3-11(4-6-12)15(19)20/h3-8H,1-2H3,(H,17,18)(H,19,20). The number of nitrogens with one attached hydrogen (secondary N) is 1. The lowest BCUT2D eigenvalue weighted by Crippen LogP contribution is -1.96. The molecule has 0 unspecified atom stereocenters. The number of aromatic carboxylic acids is 1. The van der Waals surface area contributed by atoms with Crippen LogP contribution >= 0.6 is 11.3 Å². The van der Waals surface area contributed by atoms with E-state index >= 15 is 0 Å². The second kappa shape index (κ2) is 5.18. The molecule has 0 aliphatic heterocycles. The summed E-state index contributed by atoms with van der Waals surface area (Å²) < 4.78 is 1.15. The molecule has 0 amide bonds. The summed E-state index contributed by atoms with van der Waals surface area (Å²) in [7, 11) is 0. The Morgan fingerprint density at radius 2 is 1.90 bits per heavy atom. The lowest BCUT2D eigenvalue weighted by Gasteiger charge is -2.02. The monoisotopic (exact) mass is 298 g/mol. The summed E-state index contributed by atoms with van der Waals surface area (Å²) in [5.41, 5.74) is 4.50. The van der Waals surface area contributed by atoms with Crippen molar-refractivity contribution in [3.8, 4) is 0 Å². The Morgan fingerprint density at radius 1 is 1.19 bits per heavy atom. The van der Waals surface area contributed by atoms with Gasteiger partial charge in [0.25, 0.3) is 0 Å². The molecule has 3 rings (SSSR count). The highest BCUT2D eigenvalue weighted by Gasteiger charge is 2.08. The molecule has 1 heterocycles. The Hall–Kier alpha value is -2.40. The number of nitrogens with zero attached hydrogens (tertiary/aromatic N) is 1. The second-order valence-corrected chi connectivity index (χ2v) is 5.99. The number of rotatable bonds is 3. The van der Waals surface area contributed by atoms with Gasteiger partial charge in [-0.05, 0) is 55.3 Å². The number of aryl methyl sites for hydroxylation is 2. The Balaban J connectivity index is 1.91. The van der Waals surface area contributed by atoms with Crippen LogP contribution in [0.15, 0.2) is 36.4 Å². The van der Waals surface area contributed by atoms with Gasteiger partial charge in [-0.1, -0.05) is 17.4 Å². The number of hydrogen-bond donors (Lipinski definition) is 2. The summed E-state index contributed by atoms with van der Waals surface area (Å²) in [6.07, 6.45) is 0. The molecule has 0 aliphatic rings. The Labute approximate surface area is 126 Å². The molecule has 2 aromatic carbocycles. The van der Waals surface area contributed by atoms with Gasteiger partial charge in [0.1, 0.15) is 0 Å². The van der Waals surface area contributed by atoms with Crippen LogP contribution in [0.25, 0.3) is 10.2 Å². The van der Waals surface area contributed by atoms with E-state index in [0.29, 0.717) is 0 Å². The van der Waals surface area contributed by atoms with Crippen molar-refractivity contribution in [3.05, 3.63) is 53.1 Å². The lowest BCUT2D eigenvalue weighted by molar-refractivity contribution is 0.0697. The number of fused-ring (bicyclic) bond motifs is 1. The van der Waals surface area contributed by atoms with E-state index in [1.54, 1.807) is 35.6 Å². The second-order valence-electron chi connectivity index (χ2n) is 4.96. The summed E-state index contributed by atoms with van der Waals surface area (Å²) in [5, 5.41) is 12.9. The Bertz CT molecular complexity index is 822. The highest BCUT2D eigenvalue weighted by Crippen LogP contribution is 2.31. The fraction of sp³-hybridized carbons (Fsp3) is 0.125. The minimum atomic E-state index is -0.923. The first-order valence-corrected chi connectivity index (χ1v) is 7.33. The molecule has 21 heavy (non-hydrogen) atoms. The van der Waals surface area contributed by atoms with E-state index in [4.69, 9.17) is 5.11 Å². The third kappa shape index (κ3) is 2.73. The van der Waals surface area contributed by atoms with Gasteiger partial charge in [-0.15, -0.1) is 0 Å². The normalized spacial score (nSPS) is 10.8. The summed E-state index contributed by atoms with van der Waals surface area (Å²) >= 11 is 1.59. The van der Waals surface area contributed by atoms with Crippen molar-refractivity contribution in [1.82, 2.24) is 4.98 Å². The summed E-state index contributed by atoms with van der Waals surface area (Å²) in [6, 6.07) is 10.9. The molecule has 0 saturated carbocycles.